The van der Waals surface area contributed by atoms with E-state index in [1.165, 1.54) is 18.2 Å². The molecule has 174 valence electrons. The van der Waals surface area contributed by atoms with Gasteiger partial charge in [0.15, 0.2) is 5.82 Å². The van der Waals surface area contributed by atoms with Crippen LogP contribution < -0.4 is 5.32 Å². The molecule has 0 atom stereocenters. The third kappa shape index (κ3) is 6.28. The molecule has 1 amide bonds. The van der Waals surface area contributed by atoms with Crippen molar-refractivity contribution in [1.29, 1.82) is 0 Å². The number of nitro benzene ring substituents is 1. The summed E-state index contributed by atoms with van der Waals surface area (Å²) in [6, 6.07) is 10.8. The van der Waals surface area contributed by atoms with Gasteiger partial charge in [-0.3, -0.25) is 19.7 Å². The number of fused-ring (bicyclic) bond motifs is 1. The maximum atomic E-state index is 12.2. The number of anilines is 1. The summed E-state index contributed by atoms with van der Waals surface area (Å²) in [5.74, 6) is -0.220. The Morgan fingerprint density at radius 3 is 2.42 bits per heavy atom. The number of nitro groups is 1. The van der Waals surface area contributed by atoms with Gasteiger partial charge >= 0.3 is 5.97 Å². The molecule has 0 spiro atoms. The lowest BCUT2D eigenvalue weighted by Gasteiger charge is -2.19. The highest BCUT2D eigenvalue weighted by molar-refractivity contribution is 5.91. The predicted octanol–water partition coefficient (Wildman–Crippen LogP) is 4.69. The number of non-ortho nitro benzene ring substituents is 1. The minimum atomic E-state index is -0.541. The standard InChI is InChI=1S/C23H26N4O6/c1-23(2,3)33-21(29)7-5-4-6-20(28)24-16-10-8-15(9-11-16)22-25-18-13-12-17(27(31)32)14-19(18)26(22)30/h8-14,30H,4-7H2,1-3H3,(H,24,28). The fourth-order valence-electron chi connectivity index (χ4n) is 3.23. The van der Waals surface area contributed by atoms with E-state index in [4.69, 9.17) is 4.74 Å². The molecule has 3 rings (SSSR count). The van der Waals surface area contributed by atoms with E-state index in [0.29, 0.717) is 29.6 Å². The average molecular weight is 454 g/mol. The largest absolute Gasteiger partial charge is 0.460 e. The third-order valence-electron chi connectivity index (χ3n) is 4.71. The van der Waals surface area contributed by atoms with Crippen molar-refractivity contribution in [2.24, 2.45) is 0 Å². The van der Waals surface area contributed by atoms with E-state index in [2.05, 4.69) is 10.3 Å². The second-order valence-electron chi connectivity index (χ2n) is 8.60. The first-order valence-corrected chi connectivity index (χ1v) is 10.5. The van der Waals surface area contributed by atoms with Gasteiger partial charge in [-0.1, -0.05) is 0 Å². The average Bonchev–Trinajstić information content (AvgIpc) is 3.06. The number of nitrogens with zero attached hydrogens (tertiary/aromatic N) is 3. The summed E-state index contributed by atoms with van der Waals surface area (Å²) in [7, 11) is 0. The molecular weight excluding hydrogens is 428 g/mol. The Bertz CT molecular complexity index is 1180. The number of ether oxygens (including phenoxy) is 1. The van der Waals surface area contributed by atoms with Crippen molar-refractivity contribution in [2.75, 3.05) is 5.32 Å². The SMILES string of the molecule is CC(C)(C)OC(=O)CCCCC(=O)Nc1ccc(-c2nc3ccc([N+](=O)[O-])cc3n2O)cc1. The summed E-state index contributed by atoms with van der Waals surface area (Å²) < 4.78 is 6.04. The normalized spacial score (nSPS) is 11.4. The predicted molar refractivity (Wildman–Crippen MR) is 122 cm³/mol. The van der Waals surface area contributed by atoms with Crippen LogP contribution in [-0.4, -0.2) is 37.3 Å². The summed E-state index contributed by atoms with van der Waals surface area (Å²) in [5, 5.41) is 24.2. The molecule has 0 radical (unpaired) electrons. The van der Waals surface area contributed by atoms with Gasteiger partial charge in [0.25, 0.3) is 5.69 Å². The minimum absolute atomic E-state index is 0.145. The van der Waals surface area contributed by atoms with Crippen LogP contribution in [-0.2, 0) is 14.3 Å². The molecule has 0 aliphatic heterocycles. The van der Waals surface area contributed by atoms with Gasteiger partial charge in [-0.25, -0.2) is 4.98 Å². The Balaban J connectivity index is 1.56. The monoisotopic (exact) mass is 454 g/mol. The van der Waals surface area contributed by atoms with Gasteiger partial charge in [0.05, 0.1) is 10.4 Å². The van der Waals surface area contributed by atoms with E-state index in [-0.39, 0.29) is 41.7 Å². The quantitative estimate of drug-likeness (QED) is 0.166. The van der Waals surface area contributed by atoms with Crippen LogP contribution in [0.1, 0.15) is 46.5 Å². The maximum Gasteiger partial charge on any atom is 0.306 e. The van der Waals surface area contributed by atoms with Crippen LogP contribution in [0.4, 0.5) is 11.4 Å². The van der Waals surface area contributed by atoms with E-state index in [1.54, 1.807) is 24.3 Å². The lowest BCUT2D eigenvalue weighted by molar-refractivity contribution is -0.384. The molecule has 0 unspecified atom stereocenters. The molecule has 0 fully saturated rings. The summed E-state index contributed by atoms with van der Waals surface area (Å²) in [6.45, 7) is 5.43. The van der Waals surface area contributed by atoms with Gasteiger partial charge in [0, 0.05) is 36.2 Å². The molecule has 2 aromatic carbocycles. The van der Waals surface area contributed by atoms with Gasteiger partial charge in [-0.05, 0) is 63.9 Å². The third-order valence-corrected chi connectivity index (χ3v) is 4.71. The number of nitrogens with one attached hydrogen (secondary N) is 1. The van der Waals surface area contributed by atoms with Crippen LogP contribution >= 0.6 is 0 Å². The van der Waals surface area contributed by atoms with Crippen molar-refractivity contribution in [3.8, 4) is 11.4 Å². The number of hydrogen-bond donors (Lipinski definition) is 2. The fraction of sp³-hybridized carbons (Fsp3) is 0.348. The van der Waals surface area contributed by atoms with Crippen LogP contribution in [0.3, 0.4) is 0 Å². The molecule has 3 aromatic rings. The molecule has 0 saturated heterocycles. The highest BCUT2D eigenvalue weighted by atomic mass is 16.6. The first-order chi connectivity index (χ1) is 15.5. The second kappa shape index (κ2) is 9.68. The first-order valence-electron chi connectivity index (χ1n) is 10.5. The molecule has 0 aliphatic carbocycles. The zero-order chi connectivity index (χ0) is 24.2. The lowest BCUT2D eigenvalue weighted by Crippen LogP contribution is -2.23. The van der Waals surface area contributed by atoms with Crippen molar-refractivity contribution in [3.63, 3.8) is 0 Å². The number of amides is 1. The van der Waals surface area contributed by atoms with Gasteiger partial charge < -0.3 is 15.3 Å². The Labute approximate surface area is 190 Å². The van der Waals surface area contributed by atoms with Crippen molar-refractivity contribution in [2.45, 2.75) is 52.1 Å². The van der Waals surface area contributed by atoms with Crippen molar-refractivity contribution >= 4 is 34.3 Å². The number of unbranched alkanes of at least 4 members (excludes halogenated alkanes) is 1. The van der Waals surface area contributed by atoms with Crippen LogP contribution in [0.2, 0.25) is 0 Å². The Hall–Kier alpha value is -3.95. The van der Waals surface area contributed by atoms with Crippen molar-refractivity contribution < 1.29 is 24.5 Å². The molecule has 0 bridgehead atoms. The first kappa shape index (κ1) is 23.7. The molecule has 10 heteroatoms. The molecule has 33 heavy (non-hydrogen) atoms. The molecule has 0 saturated carbocycles. The van der Waals surface area contributed by atoms with E-state index < -0.39 is 10.5 Å². The summed E-state index contributed by atoms with van der Waals surface area (Å²) >= 11 is 0. The van der Waals surface area contributed by atoms with Crippen LogP contribution in [0.25, 0.3) is 22.4 Å². The molecular formula is C23H26N4O6. The summed E-state index contributed by atoms with van der Waals surface area (Å²) in [4.78, 5) is 38.6. The maximum absolute atomic E-state index is 12.2. The number of esters is 1. The minimum Gasteiger partial charge on any atom is -0.460 e. The highest BCUT2D eigenvalue weighted by Gasteiger charge is 2.17. The van der Waals surface area contributed by atoms with Gasteiger partial charge in [0.1, 0.15) is 11.1 Å². The Morgan fingerprint density at radius 1 is 1.12 bits per heavy atom. The van der Waals surface area contributed by atoms with Gasteiger partial charge in [-0.2, -0.15) is 4.73 Å². The zero-order valence-corrected chi connectivity index (χ0v) is 18.7. The van der Waals surface area contributed by atoms with Gasteiger partial charge in [0.2, 0.25) is 5.91 Å². The highest BCUT2D eigenvalue weighted by Crippen LogP contribution is 2.27. The van der Waals surface area contributed by atoms with Crippen LogP contribution in [0, 0.1) is 10.1 Å². The van der Waals surface area contributed by atoms with Crippen molar-refractivity contribution in [3.05, 3.63) is 52.6 Å². The number of hydrogen-bond acceptors (Lipinski definition) is 7. The Morgan fingerprint density at radius 2 is 1.79 bits per heavy atom. The molecule has 2 N–H and O–H groups in total. The number of carbonyl (C=O) groups excluding carboxylic acids is 2. The number of imidazole rings is 1. The Kier molecular flexibility index (Phi) is 6.95. The number of aromatic nitrogens is 2. The zero-order valence-electron chi connectivity index (χ0n) is 18.7. The van der Waals surface area contributed by atoms with E-state index in [0.717, 1.165) is 4.73 Å². The smallest absolute Gasteiger partial charge is 0.306 e. The van der Waals surface area contributed by atoms with Crippen LogP contribution in [0.5, 0.6) is 0 Å². The van der Waals surface area contributed by atoms with E-state index in [9.17, 15) is 24.9 Å². The topological polar surface area (TPSA) is 137 Å². The second-order valence-corrected chi connectivity index (χ2v) is 8.60. The van der Waals surface area contributed by atoms with Crippen LogP contribution in [0.15, 0.2) is 42.5 Å². The van der Waals surface area contributed by atoms with Crippen molar-refractivity contribution in [1.82, 2.24) is 9.71 Å². The van der Waals surface area contributed by atoms with Gasteiger partial charge in [-0.15, -0.1) is 0 Å². The molecule has 1 heterocycles. The lowest BCUT2D eigenvalue weighted by atomic mass is 10.1. The number of carbonyl (C=O) groups is 2. The number of benzene rings is 2. The molecule has 0 aliphatic rings. The summed E-state index contributed by atoms with van der Waals surface area (Å²) in [6.07, 6.45) is 1.66. The molecule has 10 nitrogen and oxygen atoms in total. The van der Waals surface area contributed by atoms with E-state index >= 15 is 0 Å². The number of rotatable bonds is 8. The van der Waals surface area contributed by atoms with E-state index in [1.807, 2.05) is 20.8 Å². The summed E-state index contributed by atoms with van der Waals surface area (Å²) in [5.41, 5.74) is 1.13. The molecule has 1 aromatic heterocycles. The fourth-order valence-corrected chi connectivity index (χ4v) is 3.23.